The van der Waals surface area contributed by atoms with Gasteiger partial charge >= 0.3 is 0 Å². The summed E-state index contributed by atoms with van der Waals surface area (Å²) in [6.45, 7) is 3.32. The van der Waals surface area contributed by atoms with Gasteiger partial charge in [0.1, 0.15) is 0 Å². The summed E-state index contributed by atoms with van der Waals surface area (Å²) in [5.74, 6) is -0.553. The summed E-state index contributed by atoms with van der Waals surface area (Å²) in [7, 11) is 1.71. The Kier molecular flexibility index (Phi) is 5.28. The fourth-order valence-corrected chi connectivity index (χ4v) is 0.956. The second kappa shape index (κ2) is 5.71. The highest BCUT2D eigenvalue weighted by molar-refractivity contribution is 5.96. The fourth-order valence-electron chi connectivity index (χ4n) is 0.956. The topological polar surface area (TPSA) is 58.2 Å². The molecule has 0 spiro atoms. The number of nitrogens with one attached hydrogen (secondary N) is 2. The van der Waals surface area contributed by atoms with Gasteiger partial charge in [0.05, 0.1) is 6.04 Å². The fraction of sp³-hybridized carbons (Fsp3) is 0.750. The van der Waals surface area contributed by atoms with E-state index in [9.17, 15) is 9.59 Å². The molecule has 0 aliphatic heterocycles. The van der Waals surface area contributed by atoms with Crippen LogP contribution in [0.3, 0.4) is 0 Å². The Balaban J connectivity index is 3.93. The first-order chi connectivity index (χ1) is 5.61. The third-order valence-electron chi connectivity index (χ3n) is 1.54. The van der Waals surface area contributed by atoms with Crippen molar-refractivity contribution in [3.63, 3.8) is 0 Å². The maximum Gasteiger partial charge on any atom is 0.243 e. The number of carbonyl (C=O) groups excluding carboxylic acids is 2. The van der Waals surface area contributed by atoms with Crippen molar-refractivity contribution in [3.8, 4) is 0 Å². The molecule has 2 amide bonds. The molecule has 0 saturated carbocycles. The lowest BCUT2D eigenvalue weighted by Crippen LogP contribution is -2.44. The Bertz CT molecular complexity index is 168. The van der Waals surface area contributed by atoms with Gasteiger partial charge in [-0.1, -0.05) is 13.3 Å². The van der Waals surface area contributed by atoms with Crippen molar-refractivity contribution >= 4 is 11.8 Å². The Hall–Kier alpha value is -0.900. The van der Waals surface area contributed by atoms with Crippen LogP contribution in [0.1, 0.15) is 26.7 Å². The average molecular weight is 172 g/mol. The zero-order valence-corrected chi connectivity index (χ0v) is 7.81. The number of amides is 2. The van der Waals surface area contributed by atoms with Gasteiger partial charge in [0.25, 0.3) is 0 Å². The van der Waals surface area contributed by atoms with E-state index in [0.717, 1.165) is 12.8 Å². The summed E-state index contributed by atoms with van der Waals surface area (Å²) in [5, 5.41) is 5.08. The highest BCUT2D eigenvalue weighted by Crippen LogP contribution is 1.95. The third-order valence-corrected chi connectivity index (χ3v) is 1.54. The lowest BCUT2D eigenvalue weighted by Gasteiger charge is -2.12. The molecule has 4 heteroatoms. The monoisotopic (exact) mass is 172 g/mol. The van der Waals surface area contributed by atoms with Crippen molar-refractivity contribution in [1.82, 2.24) is 10.6 Å². The molecule has 0 aromatic carbocycles. The van der Waals surface area contributed by atoms with Crippen LogP contribution in [0.5, 0.6) is 0 Å². The van der Waals surface area contributed by atoms with E-state index in [-0.39, 0.29) is 17.9 Å². The van der Waals surface area contributed by atoms with Gasteiger partial charge in [-0.3, -0.25) is 14.9 Å². The van der Waals surface area contributed by atoms with Crippen LogP contribution in [0, 0.1) is 0 Å². The van der Waals surface area contributed by atoms with Crippen LogP contribution in [-0.2, 0) is 9.59 Å². The van der Waals surface area contributed by atoms with Gasteiger partial charge in [-0.15, -0.1) is 0 Å². The summed E-state index contributed by atoms with van der Waals surface area (Å²) in [6, 6.07) is -0.251. The molecular weight excluding hydrogens is 156 g/mol. The lowest BCUT2D eigenvalue weighted by molar-refractivity contribution is -0.130. The molecule has 0 unspecified atom stereocenters. The number of imide groups is 1. The minimum Gasteiger partial charge on any atom is -0.309 e. The highest BCUT2D eigenvalue weighted by atomic mass is 16.2. The van der Waals surface area contributed by atoms with E-state index in [1.165, 1.54) is 6.92 Å². The van der Waals surface area contributed by atoms with Gasteiger partial charge in [-0.2, -0.15) is 0 Å². The molecule has 0 rings (SSSR count). The van der Waals surface area contributed by atoms with Crippen LogP contribution >= 0.6 is 0 Å². The van der Waals surface area contributed by atoms with Crippen LogP contribution in [0.4, 0.5) is 0 Å². The molecule has 0 bridgehead atoms. The third kappa shape index (κ3) is 4.08. The maximum atomic E-state index is 11.2. The van der Waals surface area contributed by atoms with Crippen molar-refractivity contribution in [2.24, 2.45) is 0 Å². The van der Waals surface area contributed by atoms with Crippen LogP contribution in [-0.4, -0.2) is 24.9 Å². The molecule has 70 valence electrons. The SMILES string of the molecule is CCC[C@H](NC)C(=O)NC(C)=O. The smallest absolute Gasteiger partial charge is 0.243 e. The van der Waals surface area contributed by atoms with Gasteiger partial charge in [-0.05, 0) is 13.5 Å². The van der Waals surface area contributed by atoms with E-state index in [1.54, 1.807) is 7.05 Å². The number of likely N-dealkylation sites (N-methyl/N-ethyl adjacent to an activating group) is 1. The molecule has 0 aromatic rings. The van der Waals surface area contributed by atoms with Crippen molar-refractivity contribution in [2.45, 2.75) is 32.7 Å². The standard InChI is InChI=1S/C8H16N2O2/c1-4-5-7(9-3)8(12)10-6(2)11/h7,9H,4-5H2,1-3H3,(H,10,11,12)/t7-/m0/s1. The molecule has 4 nitrogen and oxygen atoms in total. The van der Waals surface area contributed by atoms with Crippen molar-refractivity contribution in [3.05, 3.63) is 0 Å². The predicted octanol–water partition coefficient (Wildman–Crippen LogP) is 0.0372. The van der Waals surface area contributed by atoms with Crippen LogP contribution in [0.2, 0.25) is 0 Å². The molecule has 0 aliphatic rings. The molecule has 0 fully saturated rings. The summed E-state index contributed by atoms with van der Waals surface area (Å²) < 4.78 is 0. The first-order valence-corrected chi connectivity index (χ1v) is 4.10. The largest absolute Gasteiger partial charge is 0.309 e. The Labute approximate surface area is 72.7 Å². The highest BCUT2D eigenvalue weighted by Gasteiger charge is 2.15. The molecule has 0 aromatic heterocycles. The molecule has 12 heavy (non-hydrogen) atoms. The Morgan fingerprint density at radius 2 is 2.00 bits per heavy atom. The van der Waals surface area contributed by atoms with Gasteiger partial charge < -0.3 is 5.32 Å². The van der Waals surface area contributed by atoms with Gasteiger partial charge in [0.2, 0.25) is 11.8 Å². The second-order valence-electron chi connectivity index (χ2n) is 2.68. The molecule has 0 heterocycles. The summed E-state index contributed by atoms with van der Waals surface area (Å²) in [6.07, 6.45) is 1.66. The zero-order valence-electron chi connectivity index (χ0n) is 7.81. The summed E-state index contributed by atoms with van der Waals surface area (Å²) in [5.41, 5.74) is 0. The summed E-state index contributed by atoms with van der Waals surface area (Å²) >= 11 is 0. The molecule has 1 atom stereocenters. The molecular formula is C8H16N2O2. The van der Waals surface area contributed by atoms with E-state index in [0.29, 0.717) is 0 Å². The van der Waals surface area contributed by atoms with Crippen LogP contribution in [0.25, 0.3) is 0 Å². The average Bonchev–Trinajstić information content (AvgIpc) is 1.98. The van der Waals surface area contributed by atoms with E-state index in [2.05, 4.69) is 10.6 Å². The molecule has 2 N–H and O–H groups in total. The van der Waals surface area contributed by atoms with Crippen molar-refractivity contribution in [1.29, 1.82) is 0 Å². The minimum atomic E-state index is -0.309. The molecule has 0 aliphatic carbocycles. The first kappa shape index (κ1) is 11.1. The normalized spacial score (nSPS) is 12.2. The van der Waals surface area contributed by atoms with Gasteiger partial charge in [-0.25, -0.2) is 0 Å². The summed E-state index contributed by atoms with van der Waals surface area (Å²) in [4.78, 5) is 21.7. The quantitative estimate of drug-likeness (QED) is 0.629. The predicted molar refractivity (Wildman–Crippen MR) is 46.6 cm³/mol. The Morgan fingerprint density at radius 1 is 1.42 bits per heavy atom. The van der Waals surface area contributed by atoms with E-state index >= 15 is 0 Å². The Morgan fingerprint density at radius 3 is 2.33 bits per heavy atom. The number of carbonyl (C=O) groups is 2. The maximum absolute atomic E-state index is 11.2. The van der Waals surface area contributed by atoms with E-state index in [4.69, 9.17) is 0 Å². The number of rotatable bonds is 4. The van der Waals surface area contributed by atoms with Gasteiger partial charge in [0, 0.05) is 6.92 Å². The van der Waals surface area contributed by atoms with Gasteiger partial charge in [0.15, 0.2) is 0 Å². The number of hydrogen-bond donors (Lipinski definition) is 2. The van der Waals surface area contributed by atoms with E-state index in [1.807, 2.05) is 6.92 Å². The lowest BCUT2D eigenvalue weighted by atomic mass is 10.1. The molecule has 0 radical (unpaired) electrons. The second-order valence-corrected chi connectivity index (χ2v) is 2.68. The van der Waals surface area contributed by atoms with Crippen molar-refractivity contribution in [2.75, 3.05) is 7.05 Å². The van der Waals surface area contributed by atoms with Crippen LogP contribution in [0.15, 0.2) is 0 Å². The number of hydrogen-bond acceptors (Lipinski definition) is 3. The van der Waals surface area contributed by atoms with Crippen LogP contribution < -0.4 is 10.6 Å². The minimum absolute atomic E-state index is 0.244. The first-order valence-electron chi connectivity index (χ1n) is 4.10. The van der Waals surface area contributed by atoms with E-state index < -0.39 is 0 Å². The molecule has 0 saturated heterocycles. The zero-order chi connectivity index (χ0) is 9.56. The van der Waals surface area contributed by atoms with Crippen molar-refractivity contribution < 1.29 is 9.59 Å².